The highest BCUT2D eigenvalue weighted by Gasteiger charge is 2.31. The van der Waals surface area contributed by atoms with E-state index in [-0.39, 0.29) is 12.1 Å². The maximum absolute atomic E-state index is 6.22. The lowest BCUT2D eigenvalue weighted by Gasteiger charge is -2.34. The summed E-state index contributed by atoms with van der Waals surface area (Å²) in [4.78, 5) is 2.33. The van der Waals surface area contributed by atoms with Gasteiger partial charge in [-0.1, -0.05) is 23.7 Å². The largest absolute Gasteiger partial charge is 0.377 e. The molecular weight excluding hydrogens is 260 g/mol. The van der Waals surface area contributed by atoms with Crippen molar-refractivity contribution < 1.29 is 4.74 Å². The molecule has 0 radical (unpaired) electrons. The average molecular weight is 283 g/mol. The molecule has 2 N–H and O–H groups in total. The Hall–Kier alpha value is -0.610. The number of nitrogens with two attached hydrogens (primary N) is 1. The van der Waals surface area contributed by atoms with Gasteiger partial charge in [-0.2, -0.15) is 0 Å². The molecule has 0 bridgehead atoms. The van der Waals surface area contributed by atoms with Gasteiger partial charge in [-0.15, -0.1) is 0 Å². The number of hydrogen-bond acceptors (Lipinski definition) is 3. The molecule has 1 aliphatic rings. The first-order valence-corrected chi connectivity index (χ1v) is 7.22. The Labute approximate surface area is 120 Å². The molecule has 1 aliphatic heterocycles. The van der Waals surface area contributed by atoms with Crippen LogP contribution < -0.4 is 5.73 Å². The highest BCUT2D eigenvalue weighted by molar-refractivity contribution is 6.31. The van der Waals surface area contributed by atoms with Gasteiger partial charge in [-0.25, -0.2) is 0 Å². The fourth-order valence-electron chi connectivity index (χ4n) is 2.84. The summed E-state index contributed by atoms with van der Waals surface area (Å²) in [5, 5.41) is 0.806. The first-order valence-electron chi connectivity index (χ1n) is 6.84. The van der Waals surface area contributed by atoms with Crippen LogP contribution in [0.25, 0.3) is 0 Å². The van der Waals surface area contributed by atoms with Gasteiger partial charge in [0.15, 0.2) is 0 Å². The zero-order chi connectivity index (χ0) is 14.0. The zero-order valence-electron chi connectivity index (χ0n) is 11.9. The van der Waals surface area contributed by atoms with Crippen molar-refractivity contribution in [3.05, 3.63) is 34.3 Å². The van der Waals surface area contributed by atoms with Crippen LogP contribution in [-0.4, -0.2) is 37.2 Å². The molecule has 1 fully saturated rings. The summed E-state index contributed by atoms with van der Waals surface area (Å²) >= 11 is 6.22. The van der Waals surface area contributed by atoms with Crippen molar-refractivity contribution in [1.82, 2.24) is 4.90 Å². The van der Waals surface area contributed by atoms with Crippen LogP contribution in [0.4, 0.5) is 0 Å². The van der Waals surface area contributed by atoms with E-state index >= 15 is 0 Å². The van der Waals surface area contributed by atoms with Gasteiger partial charge < -0.3 is 10.5 Å². The van der Waals surface area contributed by atoms with Gasteiger partial charge in [0, 0.05) is 30.3 Å². The highest BCUT2D eigenvalue weighted by atomic mass is 35.5. The van der Waals surface area contributed by atoms with E-state index in [0.717, 1.165) is 23.6 Å². The van der Waals surface area contributed by atoms with Crippen molar-refractivity contribution >= 4 is 11.6 Å². The third-order valence-corrected chi connectivity index (χ3v) is 4.56. The van der Waals surface area contributed by atoms with E-state index in [4.69, 9.17) is 22.1 Å². The van der Waals surface area contributed by atoms with E-state index in [1.54, 1.807) is 0 Å². The molecular formula is C15H23ClN2O. The van der Waals surface area contributed by atoms with Crippen molar-refractivity contribution in [3.63, 3.8) is 0 Å². The molecule has 4 heteroatoms. The summed E-state index contributed by atoms with van der Waals surface area (Å²) in [5.74, 6) is 0. The summed E-state index contributed by atoms with van der Waals surface area (Å²) in [6.07, 6.45) is 1.33. The lowest BCUT2D eigenvalue weighted by atomic mass is 10.0. The molecule has 1 aromatic carbocycles. The Bertz CT molecular complexity index is 438. The Kier molecular flexibility index (Phi) is 4.85. The summed E-state index contributed by atoms with van der Waals surface area (Å²) in [6, 6.07) is 6.82. The first kappa shape index (κ1) is 14.8. The fourth-order valence-corrected chi connectivity index (χ4v) is 3.03. The monoisotopic (exact) mass is 282 g/mol. The summed E-state index contributed by atoms with van der Waals surface area (Å²) in [6.45, 7) is 5.56. The topological polar surface area (TPSA) is 38.5 Å². The fraction of sp³-hybridized carbons (Fsp3) is 0.600. The van der Waals surface area contributed by atoms with E-state index < -0.39 is 0 Å². The van der Waals surface area contributed by atoms with Gasteiger partial charge in [-0.05, 0) is 44.5 Å². The van der Waals surface area contributed by atoms with E-state index in [2.05, 4.69) is 31.0 Å². The van der Waals surface area contributed by atoms with Crippen LogP contribution in [0.1, 0.15) is 30.5 Å². The molecule has 1 aromatic rings. The predicted molar refractivity (Wildman–Crippen MR) is 79.6 cm³/mol. The molecule has 19 heavy (non-hydrogen) atoms. The quantitative estimate of drug-likeness (QED) is 0.923. The highest BCUT2D eigenvalue weighted by Crippen LogP contribution is 2.29. The number of ether oxygens (including phenoxy) is 1. The van der Waals surface area contributed by atoms with Crippen molar-refractivity contribution in [2.75, 3.05) is 20.2 Å². The maximum Gasteiger partial charge on any atom is 0.0703 e. The van der Waals surface area contributed by atoms with Crippen LogP contribution in [0, 0.1) is 6.92 Å². The van der Waals surface area contributed by atoms with E-state index in [1.165, 1.54) is 5.56 Å². The lowest BCUT2D eigenvalue weighted by Crippen LogP contribution is -2.42. The normalized spacial score (nSPS) is 24.9. The van der Waals surface area contributed by atoms with Gasteiger partial charge in [0.05, 0.1) is 6.10 Å². The Balaban J connectivity index is 2.20. The second-order valence-electron chi connectivity index (χ2n) is 5.36. The first-order chi connectivity index (χ1) is 9.04. The standard InChI is InChI=1S/C15H23ClN2O/c1-10-4-5-12(8-13(10)16)15(9-17)18(3)14-6-7-19-11(14)2/h4-5,8,11,14-15H,6-7,9,17H2,1-3H3. The number of rotatable bonds is 4. The minimum Gasteiger partial charge on any atom is -0.377 e. The van der Waals surface area contributed by atoms with Crippen molar-refractivity contribution in [1.29, 1.82) is 0 Å². The predicted octanol–water partition coefficient (Wildman–Crippen LogP) is 2.76. The third-order valence-electron chi connectivity index (χ3n) is 4.15. The smallest absolute Gasteiger partial charge is 0.0703 e. The van der Waals surface area contributed by atoms with Crippen molar-refractivity contribution in [2.45, 2.75) is 38.5 Å². The number of hydrogen-bond donors (Lipinski definition) is 1. The second kappa shape index (κ2) is 6.23. The summed E-state index contributed by atoms with van der Waals surface area (Å²) < 4.78 is 5.65. The number of nitrogens with zero attached hydrogens (tertiary/aromatic N) is 1. The van der Waals surface area contributed by atoms with Gasteiger partial charge in [0.1, 0.15) is 0 Å². The molecule has 0 saturated carbocycles. The number of halogens is 1. The molecule has 0 aromatic heterocycles. The van der Waals surface area contributed by atoms with Gasteiger partial charge >= 0.3 is 0 Å². The number of benzene rings is 1. The van der Waals surface area contributed by atoms with Crippen LogP contribution in [-0.2, 0) is 4.74 Å². The van der Waals surface area contributed by atoms with E-state index in [0.29, 0.717) is 12.6 Å². The molecule has 1 heterocycles. The lowest BCUT2D eigenvalue weighted by molar-refractivity contribution is 0.0686. The minimum absolute atomic E-state index is 0.187. The maximum atomic E-state index is 6.22. The van der Waals surface area contributed by atoms with Crippen LogP contribution in [0.5, 0.6) is 0 Å². The molecule has 3 nitrogen and oxygen atoms in total. The van der Waals surface area contributed by atoms with Gasteiger partial charge in [0.25, 0.3) is 0 Å². The van der Waals surface area contributed by atoms with Gasteiger partial charge in [0.2, 0.25) is 0 Å². The van der Waals surface area contributed by atoms with Crippen LogP contribution >= 0.6 is 11.6 Å². The van der Waals surface area contributed by atoms with Crippen LogP contribution in [0.2, 0.25) is 5.02 Å². The molecule has 1 saturated heterocycles. The Morgan fingerprint density at radius 2 is 2.26 bits per heavy atom. The second-order valence-corrected chi connectivity index (χ2v) is 5.76. The Morgan fingerprint density at radius 1 is 1.53 bits per heavy atom. The van der Waals surface area contributed by atoms with E-state index in [1.807, 2.05) is 13.0 Å². The molecule has 2 rings (SSSR count). The SMILES string of the molecule is Cc1ccc(C(CN)N(C)C2CCOC2C)cc1Cl. The zero-order valence-corrected chi connectivity index (χ0v) is 12.7. The third kappa shape index (κ3) is 3.11. The molecule has 0 aliphatic carbocycles. The summed E-state index contributed by atoms with van der Waals surface area (Å²) in [7, 11) is 2.13. The molecule has 3 atom stereocenters. The molecule has 0 spiro atoms. The van der Waals surface area contributed by atoms with Crippen molar-refractivity contribution in [2.24, 2.45) is 5.73 Å². The molecule has 0 amide bonds. The number of aryl methyl sites for hydroxylation is 1. The van der Waals surface area contributed by atoms with Crippen molar-refractivity contribution in [3.8, 4) is 0 Å². The van der Waals surface area contributed by atoms with Gasteiger partial charge in [-0.3, -0.25) is 4.90 Å². The Morgan fingerprint density at radius 3 is 2.79 bits per heavy atom. The summed E-state index contributed by atoms with van der Waals surface area (Å²) in [5.41, 5.74) is 8.26. The minimum atomic E-state index is 0.187. The number of likely N-dealkylation sites (N-methyl/N-ethyl adjacent to an activating group) is 1. The van der Waals surface area contributed by atoms with Crippen LogP contribution in [0.3, 0.4) is 0 Å². The molecule has 106 valence electrons. The molecule has 3 unspecified atom stereocenters. The van der Waals surface area contributed by atoms with E-state index in [9.17, 15) is 0 Å². The average Bonchev–Trinajstić information content (AvgIpc) is 2.80. The van der Waals surface area contributed by atoms with Crippen LogP contribution in [0.15, 0.2) is 18.2 Å².